The van der Waals surface area contributed by atoms with Gasteiger partial charge in [-0.15, -0.1) is 10.2 Å². The minimum Gasteiger partial charge on any atom is -0.497 e. The van der Waals surface area contributed by atoms with Gasteiger partial charge in [0.2, 0.25) is 0 Å². The monoisotopic (exact) mass is 227 g/mol. The zero-order valence-electron chi connectivity index (χ0n) is 9.82. The van der Waals surface area contributed by atoms with Crippen molar-refractivity contribution in [3.05, 3.63) is 35.4 Å². The van der Waals surface area contributed by atoms with Crippen molar-refractivity contribution in [3.8, 4) is 17.0 Å². The van der Waals surface area contributed by atoms with E-state index in [1.807, 2.05) is 19.2 Å². The van der Waals surface area contributed by atoms with Crippen LogP contribution < -0.4 is 10.1 Å². The van der Waals surface area contributed by atoms with Crippen LogP contribution in [0.5, 0.6) is 5.75 Å². The lowest BCUT2D eigenvalue weighted by molar-refractivity contribution is 0.415. The van der Waals surface area contributed by atoms with Gasteiger partial charge in [-0.05, 0) is 29.3 Å². The molecule has 0 aliphatic heterocycles. The van der Waals surface area contributed by atoms with Crippen LogP contribution in [-0.4, -0.2) is 24.4 Å². The molecule has 0 fully saturated rings. The van der Waals surface area contributed by atoms with Crippen LogP contribution in [0.2, 0.25) is 0 Å². The number of anilines is 1. The first kappa shape index (κ1) is 10.1. The Morgan fingerprint density at radius 3 is 2.82 bits per heavy atom. The molecule has 4 heteroatoms. The summed E-state index contributed by atoms with van der Waals surface area (Å²) in [5, 5.41) is 11.4. The lowest BCUT2D eigenvalue weighted by Gasteiger charge is -2.03. The number of hydrogen-bond acceptors (Lipinski definition) is 4. The molecule has 0 saturated heterocycles. The van der Waals surface area contributed by atoms with Gasteiger partial charge in [-0.1, -0.05) is 6.07 Å². The Labute approximate surface area is 99.6 Å². The average Bonchev–Trinajstić information content (AvgIpc) is 2.74. The second-order valence-electron chi connectivity index (χ2n) is 4.05. The van der Waals surface area contributed by atoms with E-state index in [0.717, 1.165) is 29.2 Å². The van der Waals surface area contributed by atoms with Crippen LogP contribution in [-0.2, 0) is 6.42 Å². The Morgan fingerprint density at radius 2 is 2.06 bits per heavy atom. The first-order valence-electron chi connectivity index (χ1n) is 5.53. The van der Waals surface area contributed by atoms with E-state index in [4.69, 9.17) is 4.74 Å². The number of aromatic nitrogens is 2. The molecule has 0 spiro atoms. The maximum atomic E-state index is 5.24. The minimum absolute atomic E-state index is 0.809. The minimum atomic E-state index is 0.809. The van der Waals surface area contributed by atoms with Crippen molar-refractivity contribution < 1.29 is 4.74 Å². The third kappa shape index (κ3) is 1.53. The summed E-state index contributed by atoms with van der Waals surface area (Å²) in [7, 11) is 3.52. The van der Waals surface area contributed by atoms with E-state index in [1.165, 1.54) is 11.1 Å². The fraction of sp³-hybridized carbons (Fsp3) is 0.231. The highest BCUT2D eigenvalue weighted by atomic mass is 16.5. The molecule has 0 atom stereocenters. The standard InChI is InChI=1S/C13H13N3O/c1-14-12-6-9-5-8-3-4-10(17-2)7-11(8)13(9)16-15-12/h3-4,6-7H,5H2,1-2H3,(H,14,15). The number of methoxy groups -OCH3 is 1. The van der Waals surface area contributed by atoms with Crippen molar-refractivity contribution >= 4 is 5.82 Å². The summed E-state index contributed by atoms with van der Waals surface area (Å²) >= 11 is 0. The zero-order valence-corrected chi connectivity index (χ0v) is 9.82. The summed E-state index contributed by atoms with van der Waals surface area (Å²) in [6.07, 6.45) is 0.916. The molecule has 1 aromatic carbocycles. The first-order chi connectivity index (χ1) is 8.31. The summed E-state index contributed by atoms with van der Waals surface area (Å²) in [5.41, 5.74) is 4.60. The van der Waals surface area contributed by atoms with Crippen molar-refractivity contribution in [2.45, 2.75) is 6.42 Å². The average molecular weight is 227 g/mol. The summed E-state index contributed by atoms with van der Waals surface area (Å²) in [6, 6.07) is 8.15. The molecule has 0 amide bonds. The molecule has 1 aliphatic carbocycles. The number of benzene rings is 1. The van der Waals surface area contributed by atoms with Crippen LogP contribution in [0.25, 0.3) is 11.3 Å². The molecule has 0 radical (unpaired) electrons. The molecular weight excluding hydrogens is 214 g/mol. The summed E-state index contributed by atoms with van der Waals surface area (Å²) in [5.74, 6) is 1.67. The second-order valence-corrected chi connectivity index (χ2v) is 4.05. The number of hydrogen-bond donors (Lipinski definition) is 1. The zero-order chi connectivity index (χ0) is 11.8. The van der Waals surface area contributed by atoms with Gasteiger partial charge < -0.3 is 10.1 Å². The number of nitrogens with zero attached hydrogens (tertiary/aromatic N) is 2. The predicted octanol–water partition coefficient (Wildman–Crippen LogP) is 2.10. The third-order valence-electron chi connectivity index (χ3n) is 3.08. The maximum absolute atomic E-state index is 5.24. The quantitative estimate of drug-likeness (QED) is 0.728. The van der Waals surface area contributed by atoms with E-state index in [0.29, 0.717) is 0 Å². The molecule has 1 aromatic heterocycles. The van der Waals surface area contributed by atoms with E-state index in [2.05, 4.69) is 27.6 Å². The highest BCUT2D eigenvalue weighted by Gasteiger charge is 2.21. The first-order valence-corrected chi connectivity index (χ1v) is 5.53. The van der Waals surface area contributed by atoms with Crippen LogP contribution in [0, 0.1) is 0 Å². The number of ether oxygens (including phenoxy) is 1. The summed E-state index contributed by atoms with van der Waals surface area (Å²) < 4.78 is 5.24. The molecule has 2 aromatic rings. The molecule has 1 aliphatic rings. The van der Waals surface area contributed by atoms with Gasteiger partial charge in [0.25, 0.3) is 0 Å². The van der Waals surface area contributed by atoms with Crippen molar-refractivity contribution in [2.24, 2.45) is 0 Å². The van der Waals surface area contributed by atoms with Gasteiger partial charge in [-0.25, -0.2) is 0 Å². The van der Waals surface area contributed by atoms with Crippen LogP contribution >= 0.6 is 0 Å². The SMILES string of the molecule is CNc1cc2c(nn1)-c1cc(OC)ccc1C2. The van der Waals surface area contributed by atoms with E-state index >= 15 is 0 Å². The Kier molecular flexibility index (Phi) is 2.21. The van der Waals surface area contributed by atoms with Gasteiger partial charge in [-0.2, -0.15) is 0 Å². The molecule has 0 bridgehead atoms. The van der Waals surface area contributed by atoms with Crippen LogP contribution in [0.3, 0.4) is 0 Å². The Bertz CT molecular complexity index is 581. The van der Waals surface area contributed by atoms with E-state index in [-0.39, 0.29) is 0 Å². The van der Waals surface area contributed by atoms with Crippen molar-refractivity contribution in [2.75, 3.05) is 19.5 Å². The van der Waals surface area contributed by atoms with Crippen LogP contribution in [0.1, 0.15) is 11.1 Å². The fourth-order valence-electron chi connectivity index (χ4n) is 2.18. The van der Waals surface area contributed by atoms with Gasteiger partial charge >= 0.3 is 0 Å². The largest absolute Gasteiger partial charge is 0.497 e. The molecular formula is C13H13N3O. The van der Waals surface area contributed by atoms with Gasteiger partial charge in [0, 0.05) is 19.0 Å². The summed E-state index contributed by atoms with van der Waals surface area (Å²) in [4.78, 5) is 0. The molecule has 1 heterocycles. The number of fused-ring (bicyclic) bond motifs is 3. The molecule has 86 valence electrons. The van der Waals surface area contributed by atoms with E-state index in [1.54, 1.807) is 7.11 Å². The second kappa shape index (κ2) is 3.73. The van der Waals surface area contributed by atoms with Crippen LogP contribution in [0.4, 0.5) is 5.82 Å². The number of rotatable bonds is 2. The van der Waals surface area contributed by atoms with Crippen molar-refractivity contribution in [1.29, 1.82) is 0 Å². The lowest BCUT2D eigenvalue weighted by Crippen LogP contribution is -1.96. The van der Waals surface area contributed by atoms with Gasteiger partial charge in [0.1, 0.15) is 11.6 Å². The van der Waals surface area contributed by atoms with Crippen LogP contribution in [0.15, 0.2) is 24.3 Å². The Balaban J connectivity index is 2.13. The Hall–Kier alpha value is -2.10. The van der Waals surface area contributed by atoms with Crippen molar-refractivity contribution in [1.82, 2.24) is 10.2 Å². The van der Waals surface area contributed by atoms with E-state index in [9.17, 15) is 0 Å². The topological polar surface area (TPSA) is 47.0 Å². The van der Waals surface area contributed by atoms with Gasteiger partial charge in [0.15, 0.2) is 0 Å². The van der Waals surface area contributed by atoms with E-state index < -0.39 is 0 Å². The predicted molar refractivity (Wildman–Crippen MR) is 66.4 cm³/mol. The van der Waals surface area contributed by atoms with Gasteiger partial charge in [-0.3, -0.25) is 0 Å². The molecule has 0 unspecified atom stereocenters. The molecule has 17 heavy (non-hydrogen) atoms. The number of nitrogens with one attached hydrogen (secondary N) is 1. The van der Waals surface area contributed by atoms with Gasteiger partial charge in [0.05, 0.1) is 12.8 Å². The molecule has 1 N–H and O–H groups in total. The smallest absolute Gasteiger partial charge is 0.148 e. The third-order valence-corrected chi connectivity index (χ3v) is 3.08. The fourth-order valence-corrected chi connectivity index (χ4v) is 2.18. The lowest BCUT2D eigenvalue weighted by atomic mass is 10.1. The summed E-state index contributed by atoms with van der Waals surface area (Å²) in [6.45, 7) is 0. The normalized spacial score (nSPS) is 11.9. The Morgan fingerprint density at radius 1 is 1.18 bits per heavy atom. The van der Waals surface area contributed by atoms with Crippen molar-refractivity contribution in [3.63, 3.8) is 0 Å². The highest BCUT2D eigenvalue weighted by Crippen LogP contribution is 2.37. The highest BCUT2D eigenvalue weighted by molar-refractivity contribution is 5.75. The molecule has 4 nitrogen and oxygen atoms in total. The molecule has 3 rings (SSSR count). The maximum Gasteiger partial charge on any atom is 0.148 e. The molecule has 0 saturated carbocycles.